The number of nitrogens with zero attached hydrogens (tertiary/aromatic N) is 4. The number of aromatic nitrogens is 3. The Morgan fingerprint density at radius 2 is 2.00 bits per heavy atom. The van der Waals surface area contributed by atoms with Gasteiger partial charge in [0.15, 0.2) is 0 Å². The molecule has 0 saturated carbocycles. The first-order chi connectivity index (χ1) is 9.33. The van der Waals surface area contributed by atoms with Crippen LogP contribution in [-0.4, -0.2) is 28.0 Å². The fourth-order valence-corrected chi connectivity index (χ4v) is 2.69. The molecule has 19 heavy (non-hydrogen) atoms. The smallest absolute Gasteiger partial charge is 0.0638 e. The number of piperidine rings is 1. The van der Waals surface area contributed by atoms with E-state index in [2.05, 4.69) is 32.0 Å². The molecule has 0 aromatic carbocycles. The molecule has 2 aromatic rings. The average molecular weight is 254 g/mol. The number of rotatable bonds is 2. The van der Waals surface area contributed by atoms with Gasteiger partial charge in [-0.3, -0.25) is 15.0 Å². The van der Waals surface area contributed by atoms with E-state index in [1.54, 1.807) is 0 Å². The van der Waals surface area contributed by atoms with Crippen molar-refractivity contribution in [2.45, 2.75) is 25.7 Å². The van der Waals surface area contributed by atoms with Crippen molar-refractivity contribution in [3.8, 4) is 0 Å². The molecule has 3 rings (SSSR count). The SMILES string of the molecule is Cc1cncc([C@H]2CCCN(c3ccncc3)C2)n1. The second-order valence-electron chi connectivity index (χ2n) is 5.08. The molecule has 1 aliphatic rings. The van der Waals surface area contributed by atoms with E-state index in [4.69, 9.17) is 0 Å². The largest absolute Gasteiger partial charge is 0.371 e. The van der Waals surface area contributed by atoms with Crippen LogP contribution in [0.5, 0.6) is 0 Å². The molecule has 0 bridgehead atoms. The predicted octanol–water partition coefficient (Wildman–Crippen LogP) is 2.56. The summed E-state index contributed by atoms with van der Waals surface area (Å²) in [7, 11) is 0. The van der Waals surface area contributed by atoms with Crippen molar-refractivity contribution in [1.29, 1.82) is 0 Å². The van der Waals surface area contributed by atoms with Gasteiger partial charge in [0.2, 0.25) is 0 Å². The Kier molecular flexibility index (Phi) is 3.40. The van der Waals surface area contributed by atoms with Gasteiger partial charge >= 0.3 is 0 Å². The fraction of sp³-hybridized carbons (Fsp3) is 0.400. The maximum atomic E-state index is 4.62. The monoisotopic (exact) mass is 254 g/mol. The van der Waals surface area contributed by atoms with Crippen molar-refractivity contribution in [3.05, 3.63) is 48.3 Å². The molecule has 3 heterocycles. The molecule has 0 amide bonds. The second kappa shape index (κ2) is 5.34. The van der Waals surface area contributed by atoms with Crippen LogP contribution >= 0.6 is 0 Å². The highest BCUT2D eigenvalue weighted by molar-refractivity contribution is 5.45. The van der Waals surface area contributed by atoms with Crippen LogP contribution in [-0.2, 0) is 0 Å². The lowest BCUT2D eigenvalue weighted by molar-refractivity contribution is 0.499. The van der Waals surface area contributed by atoms with Crippen LogP contribution in [0.25, 0.3) is 0 Å². The first-order valence-electron chi connectivity index (χ1n) is 6.76. The Morgan fingerprint density at radius 1 is 1.16 bits per heavy atom. The van der Waals surface area contributed by atoms with Crippen LogP contribution in [0.15, 0.2) is 36.9 Å². The van der Waals surface area contributed by atoms with Gasteiger partial charge in [-0.15, -0.1) is 0 Å². The quantitative estimate of drug-likeness (QED) is 0.826. The Morgan fingerprint density at radius 3 is 2.79 bits per heavy atom. The van der Waals surface area contributed by atoms with Crippen LogP contribution < -0.4 is 4.90 Å². The molecule has 1 saturated heterocycles. The standard InChI is InChI=1S/C15H18N4/c1-12-9-17-10-15(18-12)13-3-2-8-19(11-13)14-4-6-16-7-5-14/h4-7,9-10,13H,2-3,8,11H2,1H3/t13-/m0/s1. The summed E-state index contributed by atoms with van der Waals surface area (Å²) in [4.78, 5) is 15.4. The molecule has 1 atom stereocenters. The van der Waals surface area contributed by atoms with Crippen molar-refractivity contribution in [1.82, 2.24) is 15.0 Å². The number of pyridine rings is 1. The first-order valence-corrected chi connectivity index (χ1v) is 6.76. The van der Waals surface area contributed by atoms with E-state index in [0.29, 0.717) is 5.92 Å². The maximum Gasteiger partial charge on any atom is 0.0638 e. The summed E-state index contributed by atoms with van der Waals surface area (Å²) in [6, 6.07) is 4.15. The molecule has 2 aromatic heterocycles. The third-order valence-corrected chi connectivity index (χ3v) is 3.64. The molecule has 0 unspecified atom stereocenters. The molecule has 1 fully saturated rings. The maximum absolute atomic E-state index is 4.62. The summed E-state index contributed by atoms with van der Waals surface area (Å²) >= 11 is 0. The summed E-state index contributed by atoms with van der Waals surface area (Å²) < 4.78 is 0. The third-order valence-electron chi connectivity index (χ3n) is 3.64. The minimum Gasteiger partial charge on any atom is -0.371 e. The molecule has 0 spiro atoms. The van der Waals surface area contributed by atoms with E-state index >= 15 is 0 Å². The van der Waals surface area contributed by atoms with Crippen molar-refractivity contribution < 1.29 is 0 Å². The average Bonchev–Trinajstić information content (AvgIpc) is 2.48. The van der Waals surface area contributed by atoms with Crippen molar-refractivity contribution in [2.75, 3.05) is 18.0 Å². The molecule has 0 radical (unpaired) electrons. The zero-order chi connectivity index (χ0) is 13.1. The minimum atomic E-state index is 0.481. The number of hydrogen-bond donors (Lipinski definition) is 0. The van der Waals surface area contributed by atoms with Gasteiger partial charge in [0.05, 0.1) is 11.4 Å². The normalized spacial score (nSPS) is 19.4. The van der Waals surface area contributed by atoms with Crippen LogP contribution in [0.3, 0.4) is 0 Å². The van der Waals surface area contributed by atoms with Gasteiger partial charge in [-0.25, -0.2) is 0 Å². The van der Waals surface area contributed by atoms with E-state index < -0.39 is 0 Å². The van der Waals surface area contributed by atoms with Gasteiger partial charge in [-0.1, -0.05) is 0 Å². The Balaban J connectivity index is 1.78. The molecule has 0 aliphatic carbocycles. The Labute approximate surface area is 113 Å². The van der Waals surface area contributed by atoms with E-state index in [-0.39, 0.29) is 0 Å². The molecule has 1 aliphatic heterocycles. The summed E-state index contributed by atoms with van der Waals surface area (Å²) in [5.41, 5.74) is 3.37. The van der Waals surface area contributed by atoms with Gasteiger partial charge in [0, 0.05) is 49.5 Å². The zero-order valence-electron chi connectivity index (χ0n) is 11.2. The van der Waals surface area contributed by atoms with Crippen LogP contribution in [0.1, 0.15) is 30.1 Å². The van der Waals surface area contributed by atoms with E-state index in [9.17, 15) is 0 Å². The molecular formula is C15H18N4. The Hall–Kier alpha value is -1.97. The van der Waals surface area contributed by atoms with E-state index in [0.717, 1.165) is 24.5 Å². The molecule has 0 N–H and O–H groups in total. The van der Waals surface area contributed by atoms with Crippen molar-refractivity contribution >= 4 is 5.69 Å². The Bertz CT molecular complexity index is 541. The van der Waals surface area contributed by atoms with Gasteiger partial charge in [0.1, 0.15) is 0 Å². The molecule has 4 nitrogen and oxygen atoms in total. The topological polar surface area (TPSA) is 41.9 Å². The van der Waals surface area contributed by atoms with Gasteiger partial charge in [-0.05, 0) is 31.9 Å². The van der Waals surface area contributed by atoms with Crippen molar-refractivity contribution in [3.63, 3.8) is 0 Å². The highest BCUT2D eigenvalue weighted by Crippen LogP contribution is 2.28. The minimum absolute atomic E-state index is 0.481. The lowest BCUT2D eigenvalue weighted by Crippen LogP contribution is -2.34. The van der Waals surface area contributed by atoms with Crippen LogP contribution in [0, 0.1) is 6.92 Å². The highest BCUT2D eigenvalue weighted by atomic mass is 15.1. The summed E-state index contributed by atoms with van der Waals surface area (Å²) in [6.07, 6.45) is 9.82. The second-order valence-corrected chi connectivity index (χ2v) is 5.08. The lowest BCUT2D eigenvalue weighted by Gasteiger charge is -2.34. The van der Waals surface area contributed by atoms with Crippen LogP contribution in [0.2, 0.25) is 0 Å². The summed E-state index contributed by atoms with van der Waals surface area (Å²) in [5, 5.41) is 0. The van der Waals surface area contributed by atoms with Gasteiger partial charge < -0.3 is 4.90 Å². The lowest BCUT2D eigenvalue weighted by atomic mass is 9.94. The fourth-order valence-electron chi connectivity index (χ4n) is 2.69. The zero-order valence-corrected chi connectivity index (χ0v) is 11.2. The van der Waals surface area contributed by atoms with Crippen molar-refractivity contribution in [2.24, 2.45) is 0 Å². The number of aryl methyl sites for hydroxylation is 1. The highest BCUT2D eigenvalue weighted by Gasteiger charge is 2.22. The van der Waals surface area contributed by atoms with E-state index in [1.807, 2.05) is 31.7 Å². The number of anilines is 1. The first kappa shape index (κ1) is 12.1. The molecule has 98 valence electrons. The van der Waals surface area contributed by atoms with E-state index in [1.165, 1.54) is 18.5 Å². The predicted molar refractivity (Wildman–Crippen MR) is 75.2 cm³/mol. The molecular weight excluding hydrogens is 236 g/mol. The summed E-state index contributed by atoms with van der Waals surface area (Å²) in [5.74, 6) is 0.481. The van der Waals surface area contributed by atoms with Gasteiger partial charge in [0.25, 0.3) is 0 Å². The molecule has 4 heteroatoms. The third kappa shape index (κ3) is 2.72. The van der Waals surface area contributed by atoms with Gasteiger partial charge in [-0.2, -0.15) is 0 Å². The summed E-state index contributed by atoms with van der Waals surface area (Å²) in [6.45, 7) is 4.13. The number of hydrogen-bond acceptors (Lipinski definition) is 4. The van der Waals surface area contributed by atoms with Crippen LogP contribution in [0.4, 0.5) is 5.69 Å².